The van der Waals surface area contributed by atoms with Crippen molar-refractivity contribution >= 4 is 11.6 Å². The quantitative estimate of drug-likeness (QED) is 0.848. The molecule has 1 heterocycles. The molecule has 0 bridgehead atoms. The summed E-state index contributed by atoms with van der Waals surface area (Å²) in [4.78, 5) is 14.0. The van der Waals surface area contributed by atoms with E-state index in [-0.39, 0.29) is 18.6 Å². The van der Waals surface area contributed by atoms with Gasteiger partial charge in [-0.1, -0.05) is 19.1 Å². The first-order valence-corrected chi connectivity index (χ1v) is 6.96. The number of aliphatic hydroxyl groups is 1. The summed E-state index contributed by atoms with van der Waals surface area (Å²) in [5.41, 5.74) is 2.10. The van der Waals surface area contributed by atoms with Crippen LogP contribution in [-0.4, -0.2) is 41.7 Å². The lowest BCUT2D eigenvalue weighted by atomic mass is 10.1. The molecular weight excluding hydrogens is 240 g/mol. The van der Waals surface area contributed by atoms with Crippen molar-refractivity contribution in [1.29, 1.82) is 0 Å². The van der Waals surface area contributed by atoms with E-state index < -0.39 is 0 Å². The molecule has 1 fully saturated rings. The molecule has 1 unspecified atom stereocenters. The second kappa shape index (κ2) is 6.68. The van der Waals surface area contributed by atoms with Crippen molar-refractivity contribution in [2.24, 2.45) is 0 Å². The number of nitrogens with one attached hydrogen (secondary N) is 1. The fourth-order valence-corrected chi connectivity index (χ4v) is 2.52. The predicted molar refractivity (Wildman–Crippen MR) is 76.1 cm³/mol. The van der Waals surface area contributed by atoms with Crippen LogP contribution < -0.4 is 5.32 Å². The average Bonchev–Trinajstić information content (AvgIpc) is 2.86. The third kappa shape index (κ3) is 3.78. The fraction of sp³-hybridized carbons (Fsp3) is 0.533. The van der Waals surface area contributed by atoms with Gasteiger partial charge in [-0.2, -0.15) is 0 Å². The molecule has 0 radical (unpaired) electrons. The van der Waals surface area contributed by atoms with E-state index in [4.69, 9.17) is 0 Å². The highest BCUT2D eigenvalue weighted by Crippen LogP contribution is 2.16. The maximum atomic E-state index is 11.9. The molecule has 2 N–H and O–H groups in total. The van der Waals surface area contributed by atoms with Crippen LogP contribution in [0.5, 0.6) is 0 Å². The van der Waals surface area contributed by atoms with Crippen molar-refractivity contribution in [2.45, 2.75) is 32.2 Å². The largest absolute Gasteiger partial charge is 0.395 e. The van der Waals surface area contributed by atoms with Gasteiger partial charge >= 0.3 is 0 Å². The van der Waals surface area contributed by atoms with Crippen LogP contribution in [0.3, 0.4) is 0 Å². The Morgan fingerprint density at radius 2 is 2.16 bits per heavy atom. The number of rotatable bonds is 5. The SMILES string of the molecule is CCc1ccc(NC(=O)CN2CCCC2CO)cc1. The first-order valence-electron chi connectivity index (χ1n) is 6.96. The Balaban J connectivity index is 1.86. The van der Waals surface area contributed by atoms with Crippen LogP contribution in [0.25, 0.3) is 0 Å². The molecule has 0 saturated carbocycles. The molecular formula is C15H22N2O2. The molecule has 19 heavy (non-hydrogen) atoms. The van der Waals surface area contributed by atoms with E-state index in [2.05, 4.69) is 17.1 Å². The summed E-state index contributed by atoms with van der Waals surface area (Å²) in [6.07, 6.45) is 3.04. The van der Waals surface area contributed by atoms with Gasteiger partial charge in [-0.05, 0) is 43.5 Å². The highest BCUT2D eigenvalue weighted by atomic mass is 16.3. The maximum Gasteiger partial charge on any atom is 0.238 e. The van der Waals surface area contributed by atoms with Crippen LogP contribution in [0, 0.1) is 0 Å². The molecule has 0 aliphatic carbocycles. The fourth-order valence-electron chi connectivity index (χ4n) is 2.52. The van der Waals surface area contributed by atoms with Crippen LogP contribution in [0.4, 0.5) is 5.69 Å². The van der Waals surface area contributed by atoms with Gasteiger partial charge in [0.15, 0.2) is 0 Å². The van der Waals surface area contributed by atoms with Gasteiger partial charge in [-0.15, -0.1) is 0 Å². The molecule has 1 amide bonds. The number of hydrogen-bond donors (Lipinski definition) is 2. The minimum absolute atomic E-state index is 0.00963. The van der Waals surface area contributed by atoms with Gasteiger partial charge in [0.05, 0.1) is 13.2 Å². The molecule has 2 rings (SSSR count). The Kier molecular flexibility index (Phi) is 4.93. The van der Waals surface area contributed by atoms with E-state index in [1.54, 1.807) is 0 Å². The summed E-state index contributed by atoms with van der Waals surface area (Å²) in [5, 5.41) is 12.1. The number of likely N-dealkylation sites (tertiary alicyclic amines) is 1. The van der Waals surface area contributed by atoms with E-state index in [1.807, 2.05) is 24.3 Å². The van der Waals surface area contributed by atoms with Crippen molar-refractivity contribution in [3.63, 3.8) is 0 Å². The number of aliphatic hydroxyl groups excluding tert-OH is 1. The Bertz CT molecular complexity index is 417. The Morgan fingerprint density at radius 3 is 2.79 bits per heavy atom. The third-order valence-electron chi connectivity index (χ3n) is 3.70. The lowest BCUT2D eigenvalue weighted by Crippen LogP contribution is -2.38. The minimum Gasteiger partial charge on any atom is -0.395 e. The second-order valence-corrected chi connectivity index (χ2v) is 5.05. The molecule has 1 aliphatic heterocycles. The summed E-state index contributed by atoms with van der Waals surface area (Å²) in [7, 11) is 0. The molecule has 1 aromatic rings. The van der Waals surface area contributed by atoms with Gasteiger partial charge in [0.25, 0.3) is 0 Å². The number of hydrogen-bond acceptors (Lipinski definition) is 3. The minimum atomic E-state index is -0.00963. The van der Waals surface area contributed by atoms with Crippen molar-refractivity contribution < 1.29 is 9.90 Å². The lowest BCUT2D eigenvalue weighted by Gasteiger charge is -2.21. The van der Waals surface area contributed by atoms with Gasteiger partial charge in [-0.25, -0.2) is 0 Å². The van der Waals surface area contributed by atoms with E-state index >= 15 is 0 Å². The third-order valence-corrected chi connectivity index (χ3v) is 3.70. The Hall–Kier alpha value is -1.39. The Morgan fingerprint density at radius 1 is 1.42 bits per heavy atom. The molecule has 1 saturated heterocycles. The standard InChI is InChI=1S/C15H22N2O2/c1-2-12-5-7-13(8-6-12)16-15(19)10-17-9-3-4-14(17)11-18/h5-8,14,18H,2-4,9-11H2,1H3,(H,16,19). The number of carbonyl (C=O) groups is 1. The first kappa shape index (κ1) is 14.0. The van der Waals surface area contributed by atoms with Crippen LogP contribution in [0.1, 0.15) is 25.3 Å². The van der Waals surface area contributed by atoms with Gasteiger partial charge in [-0.3, -0.25) is 9.69 Å². The second-order valence-electron chi connectivity index (χ2n) is 5.05. The smallest absolute Gasteiger partial charge is 0.238 e. The molecule has 104 valence electrons. The monoisotopic (exact) mass is 262 g/mol. The van der Waals surface area contributed by atoms with Crippen molar-refractivity contribution in [3.05, 3.63) is 29.8 Å². The van der Waals surface area contributed by atoms with Crippen molar-refractivity contribution in [1.82, 2.24) is 4.90 Å². The number of benzene rings is 1. The molecule has 4 nitrogen and oxygen atoms in total. The van der Waals surface area contributed by atoms with E-state index in [1.165, 1.54) is 5.56 Å². The topological polar surface area (TPSA) is 52.6 Å². The summed E-state index contributed by atoms with van der Waals surface area (Å²) >= 11 is 0. The normalized spacial score (nSPS) is 19.6. The molecule has 0 aromatic heterocycles. The highest BCUT2D eigenvalue weighted by Gasteiger charge is 2.25. The van der Waals surface area contributed by atoms with Crippen molar-refractivity contribution in [3.8, 4) is 0 Å². The van der Waals surface area contributed by atoms with Gasteiger partial charge in [0, 0.05) is 11.7 Å². The average molecular weight is 262 g/mol. The highest BCUT2D eigenvalue weighted by molar-refractivity contribution is 5.92. The van der Waals surface area contributed by atoms with E-state index in [0.29, 0.717) is 6.54 Å². The summed E-state index contributed by atoms with van der Waals surface area (Å²) in [5.74, 6) is -0.00963. The van der Waals surface area contributed by atoms with Crippen LogP contribution in [0.2, 0.25) is 0 Å². The van der Waals surface area contributed by atoms with Crippen LogP contribution in [0.15, 0.2) is 24.3 Å². The van der Waals surface area contributed by atoms with Gasteiger partial charge in [0.2, 0.25) is 5.91 Å². The summed E-state index contributed by atoms with van der Waals surface area (Å²) in [6, 6.07) is 8.08. The Labute approximate surface area is 114 Å². The van der Waals surface area contributed by atoms with Crippen molar-refractivity contribution in [2.75, 3.05) is 25.0 Å². The van der Waals surface area contributed by atoms with E-state index in [9.17, 15) is 9.90 Å². The number of nitrogens with zero attached hydrogens (tertiary/aromatic N) is 1. The first-order chi connectivity index (χ1) is 9.22. The lowest BCUT2D eigenvalue weighted by molar-refractivity contribution is -0.117. The molecule has 1 aromatic carbocycles. The van der Waals surface area contributed by atoms with Crippen LogP contribution in [-0.2, 0) is 11.2 Å². The zero-order valence-corrected chi connectivity index (χ0v) is 11.4. The predicted octanol–water partition coefficient (Wildman–Crippen LogP) is 1.64. The van der Waals surface area contributed by atoms with E-state index in [0.717, 1.165) is 31.5 Å². The molecule has 1 atom stereocenters. The number of anilines is 1. The molecule has 0 spiro atoms. The summed E-state index contributed by atoms with van der Waals surface area (Å²) in [6.45, 7) is 3.50. The van der Waals surface area contributed by atoms with Crippen LogP contribution >= 0.6 is 0 Å². The number of aryl methyl sites for hydroxylation is 1. The number of amides is 1. The van der Waals surface area contributed by atoms with Gasteiger partial charge in [0.1, 0.15) is 0 Å². The molecule has 1 aliphatic rings. The zero-order chi connectivity index (χ0) is 13.7. The van der Waals surface area contributed by atoms with Gasteiger partial charge < -0.3 is 10.4 Å². The summed E-state index contributed by atoms with van der Waals surface area (Å²) < 4.78 is 0. The maximum absolute atomic E-state index is 11.9. The zero-order valence-electron chi connectivity index (χ0n) is 11.4. The molecule has 4 heteroatoms. The number of carbonyl (C=O) groups excluding carboxylic acids is 1.